The number of rotatable bonds is 4. The van der Waals surface area contributed by atoms with Crippen LogP contribution in [0.2, 0.25) is 5.02 Å². The van der Waals surface area contributed by atoms with Crippen LogP contribution in [-0.2, 0) is 14.3 Å². The van der Waals surface area contributed by atoms with E-state index in [9.17, 15) is 9.59 Å². The average molecular weight is 356 g/mol. The summed E-state index contributed by atoms with van der Waals surface area (Å²) in [5, 5.41) is 9.32. The Balaban J connectivity index is 2.35. The number of ether oxygens (including phenoxy) is 1. The van der Waals surface area contributed by atoms with E-state index in [0.717, 1.165) is 6.08 Å². The lowest BCUT2D eigenvalue weighted by atomic mass is 9.98. The van der Waals surface area contributed by atoms with Crippen molar-refractivity contribution in [3.05, 3.63) is 46.5 Å². The van der Waals surface area contributed by atoms with E-state index in [1.165, 1.54) is 7.11 Å². The molecule has 2 atom stereocenters. The fourth-order valence-electron chi connectivity index (χ4n) is 2.69. The van der Waals surface area contributed by atoms with Gasteiger partial charge in [0.1, 0.15) is 6.04 Å². The number of carboxylic acids is 1. The number of methoxy groups -OCH3 is 1. The largest absolute Gasteiger partial charge is 0.478 e. The number of nitrogens with zero attached hydrogens (tertiary/aromatic N) is 1. The molecule has 7 heteroatoms. The van der Waals surface area contributed by atoms with Crippen LogP contribution in [0.3, 0.4) is 0 Å². The van der Waals surface area contributed by atoms with E-state index in [0.29, 0.717) is 35.7 Å². The van der Waals surface area contributed by atoms with Gasteiger partial charge in [-0.05, 0) is 23.6 Å². The van der Waals surface area contributed by atoms with Gasteiger partial charge in [0.25, 0.3) is 0 Å². The van der Waals surface area contributed by atoms with Crippen molar-refractivity contribution in [2.24, 2.45) is 0 Å². The highest BCUT2D eigenvalue weighted by atomic mass is 35.5. The first-order valence-electron chi connectivity index (χ1n) is 7.11. The number of esters is 1. The third kappa shape index (κ3) is 4.28. The summed E-state index contributed by atoms with van der Waals surface area (Å²) in [5.41, 5.74) is 1.31. The molecule has 0 aromatic heterocycles. The van der Waals surface area contributed by atoms with Crippen LogP contribution in [0.15, 0.2) is 35.9 Å². The molecule has 1 fully saturated rings. The van der Waals surface area contributed by atoms with Crippen molar-refractivity contribution in [2.75, 3.05) is 20.2 Å². The second-order valence-corrected chi connectivity index (χ2v) is 6.31. The van der Waals surface area contributed by atoms with Crippen LogP contribution >= 0.6 is 24.2 Å². The molecule has 1 N–H and O–H groups in total. The second kappa shape index (κ2) is 7.86. The number of aliphatic carboxylic acids is 1. The third-order valence-corrected chi connectivity index (χ3v) is 4.74. The number of benzene rings is 1. The summed E-state index contributed by atoms with van der Waals surface area (Å²) in [6.07, 6.45) is 1.80. The zero-order valence-electron chi connectivity index (χ0n) is 12.6. The van der Waals surface area contributed by atoms with Crippen molar-refractivity contribution >= 4 is 36.2 Å². The Morgan fingerprint density at radius 3 is 2.78 bits per heavy atom. The van der Waals surface area contributed by atoms with Gasteiger partial charge in [0.05, 0.1) is 7.11 Å². The molecule has 23 heavy (non-hydrogen) atoms. The molecular weight excluding hydrogens is 338 g/mol. The molecule has 0 aliphatic carbocycles. The van der Waals surface area contributed by atoms with Gasteiger partial charge >= 0.3 is 11.9 Å². The summed E-state index contributed by atoms with van der Waals surface area (Å²) >= 11 is 10.7. The van der Waals surface area contributed by atoms with E-state index in [2.05, 4.69) is 12.6 Å². The molecule has 1 aromatic rings. The number of likely N-dealkylation sites (tertiary alicyclic amines) is 1. The average Bonchev–Trinajstić information content (AvgIpc) is 2.51. The first-order valence-corrected chi connectivity index (χ1v) is 8.01. The Labute approximate surface area is 145 Å². The standard InChI is InChI=1S/C16H18ClNO4S/c1-22-16(21)15(11-4-2-3-5-12(11)17)18-7-6-13(23)10(9-18)8-14(19)20/h2-5,8,13,15,23H,6-7,9H2,1H3,(H,19,20)/b10-8-/t13?,15-/m1/s1. The Bertz CT molecular complexity index is 634. The van der Waals surface area contributed by atoms with E-state index >= 15 is 0 Å². The molecule has 0 radical (unpaired) electrons. The zero-order chi connectivity index (χ0) is 17.0. The van der Waals surface area contributed by atoms with Gasteiger partial charge in [-0.2, -0.15) is 12.6 Å². The van der Waals surface area contributed by atoms with Crippen molar-refractivity contribution in [1.82, 2.24) is 4.90 Å². The number of hydrogen-bond acceptors (Lipinski definition) is 5. The quantitative estimate of drug-likeness (QED) is 0.493. The smallest absolute Gasteiger partial charge is 0.328 e. The van der Waals surface area contributed by atoms with Crippen LogP contribution in [0.5, 0.6) is 0 Å². The monoisotopic (exact) mass is 355 g/mol. The molecule has 5 nitrogen and oxygen atoms in total. The molecule has 1 aliphatic rings. The number of halogens is 1. The number of carbonyl (C=O) groups is 2. The predicted octanol–water partition coefficient (Wildman–Crippen LogP) is 2.57. The maximum absolute atomic E-state index is 12.3. The molecule has 124 valence electrons. The molecule has 2 rings (SSSR count). The molecular formula is C16H18ClNO4S. The molecule has 1 saturated heterocycles. The topological polar surface area (TPSA) is 66.8 Å². The van der Waals surface area contributed by atoms with E-state index < -0.39 is 18.0 Å². The van der Waals surface area contributed by atoms with Crippen molar-refractivity contribution < 1.29 is 19.4 Å². The number of hydrogen-bond donors (Lipinski definition) is 2. The maximum atomic E-state index is 12.3. The van der Waals surface area contributed by atoms with Crippen molar-refractivity contribution in [3.63, 3.8) is 0 Å². The van der Waals surface area contributed by atoms with Crippen LogP contribution in [-0.4, -0.2) is 47.4 Å². The van der Waals surface area contributed by atoms with Crippen molar-refractivity contribution in [3.8, 4) is 0 Å². The highest BCUT2D eigenvalue weighted by molar-refractivity contribution is 7.81. The van der Waals surface area contributed by atoms with Crippen LogP contribution in [0.1, 0.15) is 18.0 Å². The van der Waals surface area contributed by atoms with Crippen LogP contribution < -0.4 is 0 Å². The zero-order valence-corrected chi connectivity index (χ0v) is 14.3. The number of carboxylic acid groups (broad SMARTS) is 1. The molecule has 1 unspecified atom stereocenters. The Morgan fingerprint density at radius 1 is 1.48 bits per heavy atom. The van der Waals surface area contributed by atoms with Crippen molar-refractivity contribution in [2.45, 2.75) is 17.7 Å². The predicted molar refractivity (Wildman–Crippen MR) is 90.9 cm³/mol. The second-order valence-electron chi connectivity index (χ2n) is 5.28. The van der Waals surface area contributed by atoms with E-state index in [1.807, 2.05) is 4.90 Å². The number of carbonyl (C=O) groups excluding carboxylic acids is 1. The minimum atomic E-state index is -1.02. The molecule has 1 aromatic carbocycles. The normalized spacial score (nSPS) is 21.9. The van der Waals surface area contributed by atoms with Gasteiger partial charge in [0.15, 0.2) is 0 Å². The third-order valence-electron chi connectivity index (χ3n) is 3.80. The molecule has 0 spiro atoms. The van der Waals surface area contributed by atoms with E-state index in [4.69, 9.17) is 21.4 Å². The van der Waals surface area contributed by atoms with Crippen LogP contribution in [0, 0.1) is 0 Å². The minimum absolute atomic E-state index is 0.133. The molecule has 1 aliphatic heterocycles. The summed E-state index contributed by atoms with van der Waals surface area (Å²) in [6, 6.07) is 6.40. The first kappa shape index (κ1) is 17.8. The lowest BCUT2D eigenvalue weighted by Crippen LogP contribution is -2.42. The van der Waals surface area contributed by atoms with Gasteiger partial charge < -0.3 is 9.84 Å². The Morgan fingerprint density at radius 2 is 2.17 bits per heavy atom. The van der Waals surface area contributed by atoms with Gasteiger partial charge in [-0.25, -0.2) is 9.59 Å². The van der Waals surface area contributed by atoms with Gasteiger partial charge in [0.2, 0.25) is 0 Å². The van der Waals surface area contributed by atoms with Crippen LogP contribution in [0.4, 0.5) is 0 Å². The summed E-state index contributed by atoms with van der Waals surface area (Å²) in [7, 11) is 1.32. The first-order chi connectivity index (χ1) is 10.9. The van der Waals surface area contributed by atoms with Gasteiger partial charge in [-0.3, -0.25) is 4.90 Å². The highest BCUT2D eigenvalue weighted by Gasteiger charge is 2.34. The molecule has 0 bridgehead atoms. The molecule has 0 saturated carbocycles. The van der Waals surface area contributed by atoms with Crippen LogP contribution in [0.25, 0.3) is 0 Å². The van der Waals surface area contributed by atoms with Crippen molar-refractivity contribution in [1.29, 1.82) is 0 Å². The Hall–Kier alpha value is -1.50. The summed E-state index contributed by atoms with van der Waals surface area (Å²) in [5.74, 6) is -1.45. The lowest BCUT2D eigenvalue weighted by molar-refractivity contribution is -0.147. The van der Waals surface area contributed by atoms with E-state index in [1.54, 1.807) is 24.3 Å². The molecule has 0 amide bonds. The van der Waals surface area contributed by atoms with E-state index in [-0.39, 0.29) is 5.25 Å². The number of piperidine rings is 1. The SMILES string of the molecule is COC(=O)[C@@H](c1ccccc1Cl)N1CCC(S)/C(=C\C(=O)O)C1. The Kier molecular flexibility index (Phi) is 6.10. The number of thiol groups is 1. The molecule has 1 heterocycles. The summed E-state index contributed by atoms with van der Waals surface area (Å²) < 4.78 is 4.92. The van der Waals surface area contributed by atoms with Gasteiger partial charge in [-0.1, -0.05) is 29.8 Å². The fourth-order valence-corrected chi connectivity index (χ4v) is 3.21. The summed E-state index contributed by atoms with van der Waals surface area (Å²) in [6.45, 7) is 0.918. The van der Waals surface area contributed by atoms with Gasteiger partial charge in [0, 0.05) is 29.4 Å². The minimum Gasteiger partial charge on any atom is -0.478 e. The van der Waals surface area contributed by atoms with Gasteiger partial charge in [-0.15, -0.1) is 0 Å². The summed E-state index contributed by atoms with van der Waals surface area (Å²) in [4.78, 5) is 25.1. The lowest BCUT2D eigenvalue weighted by Gasteiger charge is -2.36. The fraction of sp³-hybridized carbons (Fsp3) is 0.375. The maximum Gasteiger partial charge on any atom is 0.328 e. The highest BCUT2D eigenvalue weighted by Crippen LogP contribution is 2.33.